The Morgan fingerprint density at radius 1 is 1.12 bits per heavy atom. The van der Waals surface area contributed by atoms with Gasteiger partial charge < -0.3 is 14.5 Å². The van der Waals surface area contributed by atoms with Crippen LogP contribution in [0.4, 0.5) is 5.69 Å². The molecule has 33 heavy (non-hydrogen) atoms. The van der Waals surface area contributed by atoms with Crippen LogP contribution in [0.3, 0.4) is 0 Å². The van der Waals surface area contributed by atoms with Crippen LogP contribution < -0.4 is 10.1 Å². The molecule has 4 aromatic rings. The van der Waals surface area contributed by atoms with Crippen LogP contribution in [0.15, 0.2) is 53.5 Å². The second-order valence-electron chi connectivity index (χ2n) is 10.4. The summed E-state index contributed by atoms with van der Waals surface area (Å²) in [5.74, 6) is 1.86. The van der Waals surface area contributed by atoms with E-state index in [9.17, 15) is 4.79 Å². The highest BCUT2D eigenvalue weighted by Gasteiger charge is 2.61. The van der Waals surface area contributed by atoms with Gasteiger partial charge in [-0.1, -0.05) is 18.2 Å². The fourth-order valence-electron chi connectivity index (χ4n) is 7.47. The predicted octanol–water partition coefficient (Wildman–Crippen LogP) is 5.12. The molecule has 4 aliphatic carbocycles. The summed E-state index contributed by atoms with van der Waals surface area (Å²) >= 11 is 0. The molecular weight excluding hydrogens is 416 g/mol. The summed E-state index contributed by atoms with van der Waals surface area (Å²) in [5.41, 5.74) is 1.76. The van der Waals surface area contributed by atoms with E-state index in [0.29, 0.717) is 23.3 Å². The molecule has 0 aliphatic heterocycles. The van der Waals surface area contributed by atoms with Gasteiger partial charge in [0.05, 0.1) is 23.8 Å². The topological polar surface area (TPSA) is 82.2 Å². The minimum absolute atomic E-state index is 0.0925. The summed E-state index contributed by atoms with van der Waals surface area (Å²) in [4.78, 5) is 18.1. The number of carbonyl (C=O) groups is 1. The maximum Gasteiger partial charge on any atom is 0.230 e. The molecule has 4 aliphatic rings. The van der Waals surface area contributed by atoms with E-state index >= 15 is 0 Å². The molecule has 168 valence electrons. The monoisotopic (exact) mass is 442 g/mol. The molecule has 0 saturated heterocycles. The second kappa shape index (κ2) is 6.59. The number of furan rings is 1. The molecule has 2 aromatic heterocycles. The van der Waals surface area contributed by atoms with E-state index in [0.717, 1.165) is 54.0 Å². The van der Waals surface area contributed by atoms with Gasteiger partial charge in [-0.05, 0) is 62.5 Å². The van der Waals surface area contributed by atoms with Crippen molar-refractivity contribution in [1.29, 1.82) is 0 Å². The van der Waals surface area contributed by atoms with Crippen LogP contribution in [0.2, 0.25) is 0 Å². The normalized spacial score (nSPS) is 30.2. The van der Waals surface area contributed by atoms with Crippen LogP contribution in [0, 0.1) is 17.3 Å². The highest BCUT2D eigenvalue weighted by atomic mass is 16.5. The first-order chi connectivity index (χ1) is 16.1. The van der Waals surface area contributed by atoms with Gasteiger partial charge in [0.1, 0.15) is 29.6 Å². The lowest BCUT2D eigenvalue weighted by molar-refractivity contribution is -0.150. The first-order valence-corrected chi connectivity index (χ1v) is 11.7. The van der Waals surface area contributed by atoms with Gasteiger partial charge in [0.15, 0.2) is 0 Å². The smallest absolute Gasteiger partial charge is 0.230 e. The number of amides is 1. The Bertz CT molecular complexity index is 1380. The van der Waals surface area contributed by atoms with Crippen molar-refractivity contribution in [3.63, 3.8) is 0 Å². The third-order valence-electron chi connectivity index (χ3n) is 8.36. The Morgan fingerprint density at radius 2 is 1.94 bits per heavy atom. The third-order valence-corrected chi connectivity index (χ3v) is 8.36. The van der Waals surface area contributed by atoms with Gasteiger partial charge in [-0.3, -0.25) is 4.79 Å². The number of methoxy groups -OCH3 is 1. The fraction of sp³-hybridized carbons (Fsp3) is 0.423. The quantitative estimate of drug-likeness (QED) is 0.474. The van der Waals surface area contributed by atoms with Crippen LogP contribution >= 0.6 is 0 Å². The molecule has 1 N–H and O–H groups in total. The molecule has 4 bridgehead atoms. The molecule has 0 spiro atoms. The van der Waals surface area contributed by atoms with Crippen molar-refractivity contribution in [2.75, 3.05) is 12.4 Å². The zero-order valence-electron chi connectivity index (χ0n) is 18.6. The van der Waals surface area contributed by atoms with Gasteiger partial charge in [0, 0.05) is 16.8 Å². The first-order valence-electron chi connectivity index (χ1n) is 11.7. The number of nitrogens with zero attached hydrogens (tertiary/aromatic N) is 3. The van der Waals surface area contributed by atoms with E-state index in [-0.39, 0.29) is 16.9 Å². The SMILES string of the molecule is COc1cc2c(cc1NC(=O)C13CC4CC(C1)CC(n1cncn1)(C4)C3)oc1ccccc12. The van der Waals surface area contributed by atoms with Crippen LogP contribution in [0.1, 0.15) is 38.5 Å². The molecule has 2 aromatic carbocycles. The Labute approximate surface area is 191 Å². The van der Waals surface area contributed by atoms with E-state index in [1.54, 1.807) is 13.4 Å². The molecule has 1 amide bonds. The van der Waals surface area contributed by atoms with Gasteiger partial charge in [0.25, 0.3) is 0 Å². The van der Waals surface area contributed by atoms with Crippen molar-refractivity contribution in [2.24, 2.45) is 17.3 Å². The number of para-hydroxylation sites is 1. The summed E-state index contributed by atoms with van der Waals surface area (Å²) in [6.45, 7) is 0. The van der Waals surface area contributed by atoms with E-state index < -0.39 is 0 Å². The van der Waals surface area contributed by atoms with Gasteiger partial charge in [0.2, 0.25) is 5.91 Å². The van der Waals surface area contributed by atoms with Crippen molar-refractivity contribution < 1.29 is 13.9 Å². The molecule has 4 saturated carbocycles. The molecule has 2 atom stereocenters. The van der Waals surface area contributed by atoms with Gasteiger partial charge in [-0.2, -0.15) is 5.10 Å². The maximum atomic E-state index is 13.9. The number of rotatable bonds is 4. The molecular formula is C26H26N4O3. The number of anilines is 1. The summed E-state index contributed by atoms with van der Waals surface area (Å²) in [6.07, 6.45) is 9.56. The van der Waals surface area contributed by atoms with Gasteiger partial charge in [-0.15, -0.1) is 0 Å². The number of nitrogens with one attached hydrogen (secondary N) is 1. The van der Waals surface area contributed by atoms with Gasteiger partial charge >= 0.3 is 0 Å². The van der Waals surface area contributed by atoms with E-state index in [1.165, 1.54) is 6.42 Å². The van der Waals surface area contributed by atoms with E-state index in [1.807, 2.05) is 47.4 Å². The number of aromatic nitrogens is 3. The number of benzene rings is 2. The summed E-state index contributed by atoms with van der Waals surface area (Å²) in [7, 11) is 1.64. The fourth-order valence-corrected chi connectivity index (χ4v) is 7.47. The van der Waals surface area contributed by atoms with Crippen molar-refractivity contribution in [3.05, 3.63) is 49.1 Å². The van der Waals surface area contributed by atoms with E-state index in [4.69, 9.17) is 9.15 Å². The Balaban J connectivity index is 1.26. The largest absolute Gasteiger partial charge is 0.495 e. The third kappa shape index (κ3) is 2.71. The summed E-state index contributed by atoms with van der Waals surface area (Å²) < 4.78 is 13.8. The number of hydrogen-bond donors (Lipinski definition) is 1. The van der Waals surface area contributed by atoms with Crippen molar-refractivity contribution in [1.82, 2.24) is 14.8 Å². The lowest BCUT2D eigenvalue weighted by Crippen LogP contribution is -2.60. The van der Waals surface area contributed by atoms with Crippen LogP contribution in [-0.4, -0.2) is 27.8 Å². The maximum absolute atomic E-state index is 13.9. The Kier molecular flexibility index (Phi) is 3.82. The van der Waals surface area contributed by atoms with Crippen molar-refractivity contribution in [3.8, 4) is 5.75 Å². The lowest BCUT2D eigenvalue weighted by Gasteiger charge is -2.60. The molecule has 7 nitrogen and oxygen atoms in total. The molecule has 2 heterocycles. The molecule has 0 radical (unpaired) electrons. The average Bonchev–Trinajstić information content (AvgIpc) is 3.46. The number of ether oxygens (including phenoxy) is 1. The molecule has 7 heteroatoms. The van der Waals surface area contributed by atoms with Crippen LogP contribution in [0.25, 0.3) is 21.9 Å². The molecule has 4 fully saturated rings. The Hall–Kier alpha value is -3.35. The van der Waals surface area contributed by atoms with Crippen LogP contribution in [0.5, 0.6) is 5.75 Å². The van der Waals surface area contributed by atoms with Crippen molar-refractivity contribution in [2.45, 2.75) is 44.1 Å². The molecule has 8 rings (SSSR count). The number of fused-ring (bicyclic) bond motifs is 3. The standard InChI is InChI=1S/C26H26N4O3/c1-32-23-7-19-18-4-2-3-5-21(18)33-22(19)8-20(23)29-24(31)25-9-16-6-17(10-25)12-26(11-16,13-25)30-15-27-14-28-30/h2-5,7-8,14-17H,6,9-13H2,1H3,(H,29,31). The highest BCUT2D eigenvalue weighted by molar-refractivity contribution is 6.08. The lowest BCUT2D eigenvalue weighted by atomic mass is 9.46. The van der Waals surface area contributed by atoms with Crippen LogP contribution in [-0.2, 0) is 10.3 Å². The highest BCUT2D eigenvalue weighted by Crippen LogP contribution is 2.64. The molecule has 2 unspecified atom stereocenters. The zero-order chi connectivity index (χ0) is 22.2. The average molecular weight is 443 g/mol. The Morgan fingerprint density at radius 3 is 2.70 bits per heavy atom. The van der Waals surface area contributed by atoms with E-state index in [2.05, 4.69) is 15.4 Å². The summed E-state index contributed by atoms with van der Waals surface area (Å²) in [5, 5.41) is 9.78. The minimum atomic E-state index is -0.385. The number of hydrogen-bond acceptors (Lipinski definition) is 5. The zero-order valence-corrected chi connectivity index (χ0v) is 18.6. The summed E-state index contributed by atoms with van der Waals surface area (Å²) in [6, 6.07) is 11.8. The van der Waals surface area contributed by atoms with Gasteiger partial charge in [-0.25, -0.2) is 9.67 Å². The van der Waals surface area contributed by atoms with Crippen molar-refractivity contribution >= 4 is 33.5 Å². The second-order valence-corrected chi connectivity index (χ2v) is 10.4. The number of carbonyl (C=O) groups excluding carboxylic acids is 1. The predicted molar refractivity (Wildman–Crippen MR) is 124 cm³/mol. The minimum Gasteiger partial charge on any atom is -0.495 e. The first kappa shape index (κ1) is 19.1.